The molecular formula is C20H22N2O6S2. The maximum absolute atomic E-state index is 12.6. The van der Waals surface area contributed by atoms with Crippen molar-refractivity contribution in [3.8, 4) is 0 Å². The Kier molecular flexibility index (Phi) is 7.35. The maximum atomic E-state index is 12.6. The van der Waals surface area contributed by atoms with Crippen LogP contribution in [0.25, 0.3) is 0 Å². The fourth-order valence-corrected chi connectivity index (χ4v) is 5.15. The lowest BCUT2D eigenvalue weighted by Crippen LogP contribution is -2.35. The van der Waals surface area contributed by atoms with Crippen molar-refractivity contribution in [1.82, 2.24) is 9.62 Å². The molecule has 30 heavy (non-hydrogen) atoms. The number of hydrogen-bond acceptors (Lipinski definition) is 7. The van der Waals surface area contributed by atoms with Gasteiger partial charge in [0.25, 0.3) is 5.91 Å². The van der Waals surface area contributed by atoms with Gasteiger partial charge in [-0.15, -0.1) is 11.3 Å². The second kappa shape index (κ2) is 9.96. The smallest absolute Gasteiger partial charge is 0.325 e. The standard InChI is InChI=1S/C20H22N2O6S2/c23-17(14-28-19(24)13-21-20(25)18-5-4-12-29-18)15-6-8-16(9-7-15)30(26,27)22-10-2-1-3-11-22/h4-9,12H,1-3,10-11,13-14H2,(H,21,25). The zero-order valence-electron chi connectivity index (χ0n) is 16.2. The zero-order chi connectivity index (χ0) is 21.6. The molecule has 0 atom stereocenters. The Hall–Kier alpha value is -2.56. The molecule has 0 bridgehead atoms. The number of esters is 1. The first-order chi connectivity index (χ1) is 14.4. The molecule has 1 aliphatic heterocycles. The Morgan fingerprint density at radius 1 is 1.03 bits per heavy atom. The summed E-state index contributed by atoms with van der Waals surface area (Å²) in [6, 6.07) is 8.95. The van der Waals surface area contributed by atoms with Crippen LogP contribution < -0.4 is 5.32 Å². The van der Waals surface area contributed by atoms with Gasteiger partial charge in [0.2, 0.25) is 10.0 Å². The number of hydrogen-bond donors (Lipinski definition) is 1. The first-order valence-corrected chi connectivity index (χ1v) is 11.8. The lowest BCUT2D eigenvalue weighted by atomic mass is 10.1. The van der Waals surface area contributed by atoms with Crippen molar-refractivity contribution < 1.29 is 27.5 Å². The maximum Gasteiger partial charge on any atom is 0.325 e. The number of carbonyl (C=O) groups excluding carboxylic acids is 3. The number of ether oxygens (including phenoxy) is 1. The van der Waals surface area contributed by atoms with Crippen LogP contribution in [0.15, 0.2) is 46.7 Å². The molecule has 1 amide bonds. The quantitative estimate of drug-likeness (QED) is 0.487. The van der Waals surface area contributed by atoms with Gasteiger partial charge in [-0.25, -0.2) is 8.42 Å². The molecule has 0 saturated carbocycles. The van der Waals surface area contributed by atoms with Crippen molar-refractivity contribution in [3.05, 3.63) is 52.2 Å². The van der Waals surface area contributed by atoms with Crippen LogP contribution in [0.3, 0.4) is 0 Å². The summed E-state index contributed by atoms with van der Waals surface area (Å²) in [4.78, 5) is 36.3. The molecule has 0 radical (unpaired) electrons. The summed E-state index contributed by atoms with van der Waals surface area (Å²) in [5.41, 5.74) is 0.239. The number of thiophene rings is 1. The number of nitrogens with one attached hydrogen (secondary N) is 1. The summed E-state index contributed by atoms with van der Waals surface area (Å²) in [7, 11) is -3.57. The number of amides is 1. The minimum Gasteiger partial charge on any atom is -0.456 e. The third kappa shape index (κ3) is 5.53. The largest absolute Gasteiger partial charge is 0.456 e. The van der Waals surface area contributed by atoms with E-state index in [0.29, 0.717) is 18.0 Å². The van der Waals surface area contributed by atoms with E-state index in [4.69, 9.17) is 4.74 Å². The van der Waals surface area contributed by atoms with Crippen LogP contribution in [0.5, 0.6) is 0 Å². The number of benzene rings is 1. The molecule has 0 spiro atoms. The average Bonchev–Trinajstić information content (AvgIpc) is 3.31. The summed E-state index contributed by atoms with van der Waals surface area (Å²) >= 11 is 1.25. The third-order valence-corrected chi connectivity index (χ3v) is 7.41. The van der Waals surface area contributed by atoms with Crippen molar-refractivity contribution in [2.75, 3.05) is 26.2 Å². The van der Waals surface area contributed by atoms with E-state index in [2.05, 4.69) is 5.32 Å². The van der Waals surface area contributed by atoms with Gasteiger partial charge in [0.05, 0.1) is 9.77 Å². The Morgan fingerprint density at radius 2 is 1.73 bits per heavy atom. The fraction of sp³-hybridized carbons (Fsp3) is 0.350. The number of rotatable bonds is 8. The molecule has 8 nitrogen and oxygen atoms in total. The van der Waals surface area contributed by atoms with Gasteiger partial charge in [-0.2, -0.15) is 4.31 Å². The highest BCUT2D eigenvalue weighted by Crippen LogP contribution is 2.21. The van der Waals surface area contributed by atoms with Crippen LogP contribution in [0.4, 0.5) is 0 Å². The van der Waals surface area contributed by atoms with Crippen LogP contribution in [0.1, 0.15) is 39.3 Å². The number of nitrogens with zero attached hydrogens (tertiary/aromatic N) is 1. The molecule has 1 fully saturated rings. The van der Waals surface area contributed by atoms with Crippen LogP contribution in [0.2, 0.25) is 0 Å². The lowest BCUT2D eigenvalue weighted by Gasteiger charge is -2.25. The highest BCUT2D eigenvalue weighted by molar-refractivity contribution is 7.89. The topological polar surface area (TPSA) is 110 Å². The molecule has 1 saturated heterocycles. The molecule has 1 aromatic carbocycles. The number of Topliss-reactive ketones (excluding diaryl/α,β-unsaturated/α-hetero) is 1. The molecule has 160 valence electrons. The molecule has 2 aromatic rings. The first-order valence-electron chi connectivity index (χ1n) is 9.48. The number of ketones is 1. The van der Waals surface area contributed by atoms with E-state index >= 15 is 0 Å². The van der Waals surface area contributed by atoms with Gasteiger partial charge in [0.1, 0.15) is 6.54 Å². The monoisotopic (exact) mass is 450 g/mol. The van der Waals surface area contributed by atoms with Gasteiger partial charge in [-0.3, -0.25) is 14.4 Å². The van der Waals surface area contributed by atoms with Crippen molar-refractivity contribution in [3.63, 3.8) is 0 Å². The number of piperidine rings is 1. The molecule has 1 N–H and O–H groups in total. The van der Waals surface area contributed by atoms with Crippen LogP contribution in [0, 0.1) is 0 Å². The van der Waals surface area contributed by atoms with Crippen molar-refractivity contribution >= 4 is 39.0 Å². The predicted octanol–water partition coefficient (Wildman–Crippen LogP) is 2.08. The molecule has 3 rings (SSSR count). The fourth-order valence-electron chi connectivity index (χ4n) is 2.99. The highest BCUT2D eigenvalue weighted by atomic mass is 32.2. The zero-order valence-corrected chi connectivity index (χ0v) is 17.8. The van der Waals surface area contributed by atoms with Crippen molar-refractivity contribution in [2.24, 2.45) is 0 Å². The van der Waals surface area contributed by atoms with Gasteiger partial charge in [-0.1, -0.05) is 12.5 Å². The van der Waals surface area contributed by atoms with E-state index in [1.165, 1.54) is 39.9 Å². The Balaban J connectivity index is 1.49. The van der Waals surface area contributed by atoms with E-state index in [1.807, 2.05) is 0 Å². The average molecular weight is 451 g/mol. The highest BCUT2D eigenvalue weighted by Gasteiger charge is 2.26. The molecule has 0 unspecified atom stereocenters. The third-order valence-electron chi connectivity index (χ3n) is 4.63. The Bertz CT molecular complexity index is 994. The van der Waals surface area contributed by atoms with E-state index in [1.54, 1.807) is 17.5 Å². The summed E-state index contributed by atoms with van der Waals surface area (Å²) in [5, 5.41) is 4.16. The molecule has 2 heterocycles. The molecule has 1 aromatic heterocycles. The summed E-state index contributed by atoms with van der Waals surface area (Å²) < 4.78 is 31.6. The first kappa shape index (κ1) is 22.1. The Morgan fingerprint density at radius 3 is 2.37 bits per heavy atom. The number of sulfonamides is 1. The normalized spacial score (nSPS) is 14.8. The van der Waals surface area contributed by atoms with Crippen molar-refractivity contribution in [2.45, 2.75) is 24.2 Å². The van der Waals surface area contributed by atoms with Crippen molar-refractivity contribution in [1.29, 1.82) is 0 Å². The van der Waals surface area contributed by atoms with Gasteiger partial charge in [-0.05, 0) is 48.6 Å². The van der Waals surface area contributed by atoms with Gasteiger partial charge in [0.15, 0.2) is 12.4 Å². The summed E-state index contributed by atoms with van der Waals surface area (Å²) in [5.74, 6) is -1.59. The Labute approximate surface area is 178 Å². The number of carbonyl (C=O) groups is 3. The van der Waals surface area contributed by atoms with Crippen LogP contribution in [-0.4, -0.2) is 56.6 Å². The molecule has 10 heteroatoms. The molecular weight excluding hydrogens is 428 g/mol. The summed E-state index contributed by atoms with van der Waals surface area (Å²) in [6.45, 7) is 0.160. The molecule has 1 aliphatic rings. The van der Waals surface area contributed by atoms with Gasteiger partial charge >= 0.3 is 5.97 Å². The predicted molar refractivity (Wildman–Crippen MR) is 111 cm³/mol. The van der Waals surface area contributed by atoms with E-state index in [0.717, 1.165) is 19.3 Å². The summed E-state index contributed by atoms with van der Waals surface area (Å²) in [6.07, 6.45) is 2.71. The van der Waals surface area contributed by atoms with Gasteiger partial charge < -0.3 is 10.1 Å². The van der Waals surface area contributed by atoms with E-state index in [-0.39, 0.29) is 17.0 Å². The SMILES string of the molecule is O=C(CNC(=O)c1cccs1)OCC(=O)c1ccc(S(=O)(=O)N2CCCCC2)cc1. The van der Waals surface area contributed by atoms with Crippen LogP contribution >= 0.6 is 11.3 Å². The second-order valence-electron chi connectivity index (χ2n) is 6.73. The van der Waals surface area contributed by atoms with E-state index < -0.39 is 34.3 Å². The minimum absolute atomic E-state index is 0.134. The van der Waals surface area contributed by atoms with Crippen LogP contribution in [-0.2, 0) is 19.6 Å². The minimum atomic E-state index is -3.57. The lowest BCUT2D eigenvalue weighted by molar-refractivity contribution is -0.141. The van der Waals surface area contributed by atoms with E-state index in [9.17, 15) is 22.8 Å². The molecule has 0 aliphatic carbocycles. The second-order valence-corrected chi connectivity index (χ2v) is 9.62. The van der Waals surface area contributed by atoms with Gasteiger partial charge in [0, 0.05) is 18.7 Å².